The van der Waals surface area contributed by atoms with Gasteiger partial charge >= 0.3 is 0 Å². The van der Waals surface area contributed by atoms with Crippen LogP contribution in [-0.4, -0.2) is 13.4 Å². The van der Waals surface area contributed by atoms with Crippen molar-refractivity contribution >= 4 is 10.0 Å². The van der Waals surface area contributed by atoms with Crippen LogP contribution < -0.4 is 4.72 Å². The van der Waals surface area contributed by atoms with Crippen LogP contribution in [0.3, 0.4) is 0 Å². The second kappa shape index (κ2) is 6.01. The Balaban J connectivity index is 2.34. The van der Waals surface area contributed by atoms with Gasteiger partial charge in [0.25, 0.3) is 0 Å². The monoisotopic (exact) mass is 334 g/mol. The van der Waals surface area contributed by atoms with E-state index in [0.29, 0.717) is 5.56 Å². The molecule has 0 fully saturated rings. The van der Waals surface area contributed by atoms with Gasteiger partial charge in [-0.1, -0.05) is 0 Å². The van der Waals surface area contributed by atoms with E-state index in [9.17, 15) is 26.0 Å². The van der Waals surface area contributed by atoms with E-state index in [2.05, 4.69) is 4.98 Å². The molecule has 1 N–H and O–H groups in total. The van der Waals surface area contributed by atoms with E-state index in [1.165, 1.54) is 12.4 Å². The molecule has 1 aromatic carbocycles. The molecule has 9 heteroatoms. The molecule has 118 valence electrons. The molecular formula is C13H10F4N2O2S. The molecular weight excluding hydrogens is 324 g/mol. The minimum absolute atomic E-state index is 0.0895. The first-order chi connectivity index (χ1) is 10.2. The van der Waals surface area contributed by atoms with Gasteiger partial charge in [0.1, 0.15) is 4.90 Å². The lowest BCUT2D eigenvalue weighted by atomic mass is 10.2. The predicted molar refractivity (Wildman–Crippen MR) is 69.3 cm³/mol. The Morgan fingerprint density at radius 1 is 1.14 bits per heavy atom. The van der Waals surface area contributed by atoms with Gasteiger partial charge in [0.05, 0.1) is 0 Å². The van der Waals surface area contributed by atoms with Gasteiger partial charge in [0.2, 0.25) is 10.0 Å². The predicted octanol–water partition coefficient (Wildman–Crippen LogP) is 2.42. The summed E-state index contributed by atoms with van der Waals surface area (Å²) in [4.78, 5) is 2.50. The van der Waals surface area contributed by atoms with Crippen molar-refractivity contribution in [3.05, 3.63) is 58.9 Å². The van der Waals surface area contributed by atoms with Crippen LogP contribution in [0.25, 0.3) is 0 Å². The van der Waals surface area contributed by atoms with Crippen molar-refractivity contribution in [3.8, 4) is 0 Å². The number of halogens is 4. The van der Waals surface area contributed by atoms with Gasteiger partial charge in [-0.2, -0.15) is 0 Å². The number of sulfonamides is 1. The van der Waals surface area contributed by atoms with Crippen LogP contribution in [0.5, 0.6) is 0 Å². The van der Waals surface area contributed by atoms with Crippen LogP contribution in [0.2, 0.25) is 0 Å². The van der Waals surface area contributed by atoms with Crippen LogP contribution in [0.1, 0.15) is 11.1 Å². The summed E-state index contributed by atoms with van der Waals surface area (Å²) in [6, 6.07) is 1.72. The number of aryl methyl sites for hydroxylation is 1. The van der Waals surface area contributed by atoms with E-state index in [-0.39, 0.29) is 12.6 Å². The van der Waals surface area contributed by atoms with Crippen molar-refractivity contribution in [1.29, 1.82) is 0 Å². The summed E-state index contributed by atoms with van der Waals surface area (Å²) >= 11 is 0. The average molecular weight is 334 g/mol. The summed E-state index contributed by atoms with van der Waals surface area (Å²) in [7, 11) is -4.57. The Bertz CT molecular complexity index is 825. The number of benzene rings is 1. The van der Waals surface area contributed by atoms with Crippen LogP contribution in [0.4, 0.5) is 17.6 Å². The molecule has 0 bridgehead atoms. The van der Waals surface area contributed by atoms with Crippen LogP contribution in [0.15, 0.2) is 29.4 Å². The fourth-order valence-electron chi connectivity index (χ4n) is 1.68. The summed E-state index contributed by atoms with van der Waals surface area (Å²) in [6.45, 7) is 1.44. The van der Waals surface area contributed by atoms with Gasteiger partial charge in [-0.15, -0.1) is 0 Å². The number of nitrogens with zero attached hydrogens (tertiary/aromatic N) is 1. The van der Waals surface area contributed by atoms with Crippen molar-refractivity contribution in [2.24, 2.45) is 0 Å². The molecule has 0 saturated carbocycles. The molecule has 22 heavy (non-hydrogen) atoms. The Kier molecular flexibility index (Phi) is 4.47. The summed E-state index contributed by atoms with van der Waals surface area (Å²) in [6.07, 6.45) is 2.89. The molecule has 2 rings (SSSR count). The quantitative estimate of drug-likeness (QED) is 0.531. The maximum atomic E-state index is 13.5. The lowest BCUT2D eigenvalue weighted by Gasteiger charge is -2.10. The third-order valence-electron chi connectivity index (χ3n) is 2.96. The fourth-order valence-corrected chi connectivity index (χ4v) is 2.76. The normalized spacial score (nSPS) is 11.7. The largest absolute Gasteiger partial charge is 0.264 e. The number of rotatable bonds is 4. The maximum Gasteiger partial charge on any atom is 0.244 e. The van der Waals surface area contributed by atoms with E-state index in [1.807, 2.05) is 4.72 Å². The molecule has 0 unspecified atom stereocenters. The minimum atomic E-state index is -4.57. The smallest absolute Gasteiger partial charge is 0.244 e. The molecule has 0 atom stereocenters. The lowest BCUT2D eigenvalue weighted by molar-refractivity contribution is 0.395. The van der Waals surface area contributed by atoms with E-state index < -0.39 is 38.2 Å². The first kappa shape index (κ1) is 16.4. The number of aromatic nitrogens is 1. The van der Waals surface area contributed by atoms with Crippen molar-refractivity contribution in [2.45, 2.75) is 18.4 Å². The summed E-state index contributed by atoms with van der Waals surface area (Å²) in [5.41, 5.74) is 1.21. The van der Waals surface area contributed by atoms with Crippen LogP contribution in [0, 0.1) is 30.2 Å². The number of hydrogen-bond donors (Lipinski definition) is 1. The molecule has 0 aliphatic heterocycles. The molecule has 0 radical (unpaired) electrons. The lowest BCUT2D eigenvalue weighted by Crippen LogP contribution is -2.25. The molecule has 0 aliphatic carbocycles. The van der Waals surface area contributed by atoms with Gasteiger partial charge in [-0.25, -0.2) is 30.7 Å². The standard InChI is InChI=1S/C13H10F4N2O2S/c1-7-2-3-18-5-8(7)6-19-22(20,21)10-4-9(14)11(15)13(17)12(10)16/h2-5,19H,6H2,1H3. The second-order valence-electron chi connectivity index (χ2n) is 4.43. The van der Waals surface area contributed by atoms with Crippen molar-refractivity contribution < 1.29 is 26.0 Å². The van der Waals surface area contributed by atoms with E-state index in [4.69, 9.17) is 0 Å². The SMILES string of the molecule is Cc1ccncc1CNS(=O)(=O)c1cc(F)c(F)c(F)c1F. The number of nitrogens with one attached hydrogen (secondary N) is 1. The number of hydrogen-bond acceptors (Lipinski definition) is 3. The van der Waals surface area contributed by atoms with Gasteiger partial charge in [-0.3, -0.25) is 4.98 Å². The summed E-state index contributed by atoms with van der Waals surface area (Å²) in [5, 5.41) is 0. The average Bonchev–Trinajstić information content (AvgIpc) is 2.48. The molecule has 2 aromatic rings. The zero-order valence-electron chi connectivity index (χ0n) is 11.2. The molecule has 0 spiro atoms. The Morgan fingerprint density at radius 3 is 2.45 bits per heavy atom. The first-order valence-corrected chi connectivity index (χ1v) is 7.44. The molecule has 0 aliphatic rings. The highest BCUT2D eigenvalue weighted by molar-refractivity contribution is 7.89. The third-order valence-corrected chi connectivity index (χ3v) is 4.36. The Hall–Kier alpha value is -2.00. The van der Waals surface area contributed by atoms with Gasteiger partial charge in [0, 0.05) is 25.0 Å². The van der Waals surface area contributed by atoms with Gasteiger partial charge < -0.3 is 0 Å². The van der Waals surface area contributed by atoms with E-state index in [1.54, 1.807) is 13.0 Å². The highest BCUT2D eigenvalue weighted by Gasteiger charge is 2.27. The molecule has 1 heterocycles. The second-order valence-corrected chi connectivity index (χ2v) is 6.16. The third kappa shape index (κ3) is 3.09. The highest BCUT2D eigenvalue weighted by atomic mass is 32.2. The van der Waals surface area contributed by atoms with Crippen LogP contribution in [-0.2, 0) is 16.6 Å². The molecule has 0 saturated heterocycles. The highest BCUT2D eigenvalue weighted by Crippen LogP contribution is 2.22. The zero-order chi connectivity index (χ0) is 16.5. The maximum absolute atomic E-state index is 13.5. The Labute approximate surface area is 123 Å². The molecule has 1 aromatic heterocycles. The van der Waals surface area contributed by atoms with E-state index >= 15 is 0 Å². The minimum Gasteiger partial charge on any atom is -0.264 e. The topological polar surface area (TPSA) is 59.1 Å². The zero-order valence-corrected chi connectivity index (χ0v) is 12.0. The Morgan fingerprint density at radius 2 is 1.82 bits per heavy atom. The fraction of sp³-hybridized carbons (Fsp3) is 0.154. The van der Waals surface area contributed by atoms with Crippen LogP contribution >= 0.6 is 0 Å². The summed E-state index contributed by atoms with van der Waals surface area (Å²) < 4.78 is 78.4. The first-order valence-electron chi connectivity index (χ1n) is 5.96. The number of pyridine rings is 1. The van der Waals surface area contributed by atoms with Crippen molar-refractivity contribution in [3.63, 3.8) is 0 Å². The molecule has 0 amide bonds. The van der Waals surface area contributed by atoms with Crippen molar-refractivity contribution in [2.75, 3.05) is 0 Å². The molecule has 4 nitrogen and oxygen atoms in total. The van der Waals surface area contributed by atoms with Gasteiger partial charge in [0.15, 0.2) is 23.3 Å². The van der Waals surface area contributed by atoms with E-state index in [0.717, 1.165) is 5.56 Å². The van der Waals surface area contributed by atoms with Crippen molar-refractivity contribution in [1.82, 2.24) is 9.71 Å². The van der Waals surface area contributed by atoms with Gasteiger partial charge in [-0.05, 0) is 24.1 Å². The summed E-state index contributed by atoms with van der Waals surface area (Å²) in [5.74, 6) is -8.02.